The molecule has 0 aliphatic heterocycles. The van der Waals surface area contributed by atoms with Crippen molar-refractivity contribution in [3.05, 3.63) is 94.0 Å². The molecule has 0 saturated heterocycles. The van der Waals surface area contributed by atoms with Gasteiger partial charge >= 0.3 is 0 Å². The van der Waals surface area contributed by atoms with Crippen molar-refractivity contribution in [2.45, 2.75) is 10.8 Å². The number of hydrogen-bond acceptors (Lipinski definition) is 6. The zero-order chi connectivity index (χ0) is 20.9. The number of nitrogens with zero attached hydrogens (tertiary/aromatic N) is 2. The zero-order valence-electron chi connectivity index (χ0n) is 15.8. The SMILES string of the molecule is O=C(CSc1nc2ccc([N+](=O)[O-])cc2s1)Nc1ccccc1Cc1ccccc1. The molecule has 3 aromatic carbocycles. The summed E-state index contributed by atoms with van der Waals surface area (Å²) in [5.41, 5.74) is 3.76. The van der Waals surface area contributed by atoms with E-state index in [0.29, 0.717) is 9.86 Å². The fraction of sp³-hybridized carbons (Fsp3) is 0.0909. The summed E-state index contributed by atoms with van der Waals surface area (Å²) in [6.07, 6.45) is 0.737. The van der Waals surface area contributed by atoms with Gasteiger partial charge in [0.25, 0.3) is 5.69 Å². The van der Waals surface area contributed by atoms with Gasteiger partial charge in [-0.15, -0.1) is 11.3 Å². The Morgan fingerprint density at radius 1 is 1.07 bits per heavy atom. The number of carbonyl (C=O) groups is 1. The molecule has 4 rings (SSSR count). The van der Waals surface area contributed by atoms with Crippen LogP contribution in [0.25, 0.3) is 10.2 Å². The molecule has 1 N–H and O–H groups in total. The number of carbonyl (C=O) groups excluding carboxylic acids is 1. The number of thioether (sulfide) groups is 1. The molecule has 8 heteroatoms. The molecule has 0 aliphatic carbocycles. The number of para-hydroxylation sites is 1. The van der Waals surface area contributed by atoms with Gasteiger partial charge in [-0.3, -0.25) is 14.9 Å². The van der Waals surface area contributed by atoms with E-state index in [1.807, 2.05) is 42.5 Å². The molecule has 1 amide bonds. The number of aromatic nitrogens is 1. The largest absolute Gasteiger partial charge is 0.325 e. The second kappa shape index (κ2) is 9.06. The molecule has 1 heterocycles. The molecule has 150 valence electrons. The summed E-state index contributed by atoms with van der Waals surface area (Å²) in [7, 11) is 0. The van der Waals surface area contributed by atoms with Gasteiger partial charge in [0.05, 0.1) is 20.9 Å². The molecule has 4 aromatic rings. The van der Waals surface area contributed by atoms with Gasteiger partial charge in [0.2, 0.25) is 5.91 Å². The van der Waals surface area contributed by atoms with Crippen LogP contribution >= 0.6 is 23.1 Å². The van der Waals surface area contributed by atoms with Crippen LogP contribution in [-0.2, 0) is 11.2 Å². The minimum Gasteiger partial charge on any atom is -0.325 e. The maximum Gasteiger partial charge on any atom is 0.270 e. The fourth-order valence-electron chi connectivity index (χ4n) is 2.99. The van der Waals surface area contributed by atoms with Crippen molar-refractivity contribution in [3.8, 4) is 0 Å². The van der Waals surface area contributed by atoms with Crippen LogP contribution in [-0.4, -0.2) is 21.6 Å². The fourth-order valence-corrected chi connectivity index (χ4v) is 4.89. The van der Waals surface area contributed by atoms with Crippen LogP contribution in [0.2, 0.25) is 0 Å². The molecular weight excluding hydrogens is 418 g/mol. The Morgan fingerprint density at radius 3 is 2.63 bits per heavy atom. The number of rotatable bonds is 7. The van der Waals surface area contributed by atoms with Crippen LogP contribution in [0.15, 0.2) is 77.1 Å². The Morgan fingerprint density at radius 2 is 1.83 bits per heavy atom. The van der Waals surface area contributed by atoms with Gasteiger partial charge in [0, 0.05) is 17.8 Å². The highest BCUT2D eigenvalue weighted by atomic mass is 32.2. The van der Waals surface area contributed by atoms with E-state index in [-0.39, 0.29) is 17.3 Å². The standard InChI is InChI=1S/C22H17N3O3S2/c26-21(14-29-22-24-19-11-10-17(25(27)28)13-20(19)30-22)23-18-9-5-4-8-16(18)12-15-6-2-1-3-7-15/h1-11,13H,12,14H2,(H,23,26). The van der Waals surface area contributed by atoms with Crippen LogP contribution in [0.3, 0.4) is 0 Å². The third-order valence-electron chi connectivity index (χ3n) is 4.42. The molecule has 1 aromatic heterocycles. The lowest BCUT2D eigenvalue weighted by Gasteiger charge is -2.11. The smallest absolute Gasteiger partial charge is 0.270 e. The van der Waals surface area contributed by atoms with Crippen LogP contribution in [0, 0.1) is 10.1 Å². The van der Waals surface area contributed by atoms with E-state index in [9.17, 15) is 14.9 Å². The number of thiazole rings is 1. The Kier molecular flexibility index (Phi) is 6.06. The van der Waals surface area contributed by atoms with E-state index in [2.05, 4.69) is 22.4 Å². The lowest BCUT2D eigenvalue weighted by molar-refractivity contribution is -0.384. The summed E-state index contributed by atoms with van der Waals surface area (Å²) < 4.78 is 1.44. The van der Waals surface area contributed by atoms with E-state index in [4.69, 9.17) is 0 Å². The Balaban J connectivity index is 1.41. The van der Waals surface area contributed by atoms with Gasteiger partial charge in [-0.05, 0) is 29.7 Å². The van der Waals surface area contributed by atoms with Gasteiger partial charge in [0.15, 0.2) is 4.34 Å². The van der Waals surface area contributed by atoms with Gasteiger partial charge < -0.3 is 5.32 Å². The van der Waals surface area contributed by atoms with E-state index in [1.165, 1.54) is 40.8 Å². The van der Waals surface area contributed by atoms with Crippen molar-refractivity contribution in [2.24, 2.45) is 0 Å². The number of nitro benzene ring substituents is 1. The predicted octanol–water partition coefficient (Wildman–Crippen LogP) is 5.53. The monoisotopic (exact) mass is 435 g/mol. The summed E-state index contributed by atoms with van der Waals surface area (Å²) in [5, 5.41) is 13.9. The van der Waals surface area contributed by atoms with Gasteiger partial charge in [-0.25, -0.2) is 4.98 Å². The second-order valence-corrected chi connectivity index (χ2v) is 8.80. The zero-order valence-corrected chi connectivity index (χ0v) is 17.4. The Bertz CT molecular complexity index is 1210. The number of nitro groups is 1. The van der Waals surface area contributed by atoms with Crippen molar-refractivity contribution in [1.82, 2.24) is 4.98 Å². The van der Waals surface area contributed by atoms with Crippen molar-refractivity contribution in [1.29, 1.82) is 0 Å². The first-order valence-corrected chi connectivity index (χ1v) is 11.0. The first-order chi connectivity index (χ1) is 14.6. The first kappa shape index (κ1) is 20.1. The van der Waals surface area contributed by atoms with Crippen molar-refractivity contribution >= 4 is 50.6 Å². The van der Waals surface area contributed by atoms with Gasteiger partial charge in [0.1, 0.15) is 0 Å². The number of hydrogen-bond donors (Lipinski definition) is 1. The van der Waals surface area contributed by atoms with Gasteiger partial charge in [-0.2, -0.15) is 0 Å². The summed E-state index contributed by atoms with van der Waals surface area (Å²) in [6, 6.07) is 22.5. The lowest BCUT2D eigenvalue weighted by Crippen LogP contribution is -2.15. The van der Waals surface area contributed by atoms with Crippen molar-refractivity contribution < 1.29 is 9.72 Å². The third-order valence-corrected chi connectivity index (χ3v) is 6.58. The molecule has 0 fully saturated rings. The molecule has 30 heavy (non-hydrogen) atoms. The molecular formula is C22H17N3O3S2. The van der Waals surface area contributed by atoms with Gasteiger partial charge in [-0.1, -0.05) is 60.3 Å². The number of benzene rings is 3. The molecule has 0 radical (unpaired) electrons. The summed E-state index contributed by atoms with van der Waals surface area (Å²) in [5.74, 6) is 0.0902. The van der Waals surface area contributed by atoms with Crippen molar-refractivity contribution in [3.63, 3.8) is 0 Å². The van der Waals surface area contributed by atoms with Crippen LogP contribution in [0.1, 0.15) is 11.1 Å². The maximum atomic E-state index is 12.5. The number of amides is 1. The number of fused-ring (bicyclic) bond motifs is 1. The van der Waals surface area contributed by atoms with Crippen LogP contribution in [0.4, 0.5) is 11.4 Å². The average Bonchev–Trinajstić information content (AvgIpc) is 3.16. The van der Waals surface area contributed by atoms with E-state index in [1.54, 1.807) is 6.07 Å². The quantitative estimate of drug-likeness (QED) is 0.234. The Hall–Kier alpha value is -3.23. The van der Waals surface area contributed by atoms with E-state index < -0.39 is 4.92 Å². The van der Waals surface area contributed by atoms with Crippen LogP contribution < -0.4 is 5.32 Å². The second-order valence-electron chi connectivity index (χ2n) is 6.55. The average molecular weight is 436 g/mol. The Labute approximate surface area is 181 Å². The first-order valence-electron chi connectivity index (χ1n) is 9.18. The normalized spacial score (nSPS) is 10.8. The summed E-state index contributed by atoms with van der Waals surface area (Å²) in [4.78, 5) is 27.4. The molecule has 0 unspecified atom stereocenters. The molecule has 0 bridgehead atoms. The minimum absolute atomic E-state index is 0.0375. The molecule has 0 spiro atoms. The third kappa shape index (κ3) is 4.84. The van der Waals surface area contributed by atoms with E-state index in [0.717, 1.165) is 22.4 Å². The topological polar surface area (TPSA) is 85.1 Å². The highest BCUT2D eigenvalue weighted by molar-refractivity contribution is 8.01. The lowest BCUT2D eigenvalue weighted by atomic mass is 10.0. The molecule has 0 atom stereocenters. The van der Waals surface area contributed by atoms with Crippen LogP contribution in [0.5, 0.6) is 0 Å². The number of nitrogens with one attached hydrogen (secondary N) is 1. The molecule has 6 nitrogen and oxygen atoms in total. The maximum absolute atomic E-state index is 12.5. The number of non-ortho nitro benzene ring substituents is 1. The highest BCUT2D eigenvalue weighted by Gasteiger charge is 2.13. The molecule has 0 aliphatic rings. The van der Waals surface area contributed by atoms with Crippen molar-refractivity contribution in [2.75, 3.05) is 11.1 Å². The number of anilines is 1. The summed E-state index contributed by atoms with van der Waals surface area (Å²) in [6.45, 7) is 0. The molecule has 0 saturated carbocycles. The minimum atomic E-state index is -0.424. The highest BCUT2D eigenvalue weighted by Crippen LogP contribution is 2.32. The van der Waals surface area contributed by atoms with E-state index >= 15 is 0 Å². The summed E-state index contributed by atoms with van der Waals surface area (Å²) >= 11 is 2.67. The predicted molar refractivity (Wildman–Crippen MR) is 121 cm³/mol.